The van der Waals surface area contributed by atoms with Gasteiger partial charge in [-0.1, -0.05) is 49.6 Å². The number of fused-ring (bicyclic) bond motifs is 1. The normalized spacial score (nSPS) is 14.9. The average molecular weight is 393 g/mol. The van der Waals surface area contributed by atoms with Gasteiger partial charge in [-0.05, 0) is 55.7 Å². The van der Waals surface area contributed by atoms with E-state index in [4.69, 9.17) is 17.2 Å². The molecule has 1 aromatic heterocycles. The lowest BCUT2D eigenvalue weighted by Gasteiger charge is -2.36. The number of para-hydroxylation sites is 3. The Bertz CT molecular complexity index is 909. The third kappa shape index (κ3) is 4.36. The summed E-state index contributed by atoms with van der Waals surface area (Å²) >= 11 is 5.86. The molecule has 1 aliphatic rings. The Labute approximate surface area is 172 Å². The molecule has 0 saturated heterocycles. The second-order valence-electron chi connectivity index (χ2n) is 7.68. The molecule has 0 atom stereocenters. The number of aromatic nitrogens is 2. The summed E-state index contributed by atoms with van der Waals surface area (Å²) in [5.74, 6) is 1.03. The molecule has 0 spiro atoms. The van der Waals surface area contributed by atoms with Gasteiger partial charge in [0.05, 0.1) is 11.0 Å². The number of thiocarbonyl (C=S) groups is 1. The second kappa shape index (κ2) is 8.74. The van der Waals surface area contributed by atoms with Gasteiger partial charge in [-0.15, -0.1) is 0 Å². The zero-order valence-electron chi connectivity index (χ0n) is 16.4. The Morgan fingerprint density at radius 2 is 1.86 bits per heavy atom. The van der Waals surface area contributed by atoms with E-state index in [1.54, 1.807) is 0 Å². The molecule has 2 N–H and O–H groups in total. The fourth-order valence-electron chi connectivity index (χ4n) is 4.09. The first-order valence-electron chi connectivity index (χ1n) is 10.3. The SMILES string of the molecule is Cc1ccccc1NC(=S)N(CCc1nc2ccccc2[nH]1)C1CCCCC1. The van der Waals surface area contributed by atoms with Crippen LogP contribution in [0.25, 0.3) is 11.0 Å². The summed E-state index contributed by atoms with van der Waals surface area (Å²) in [4.78, 5) is 10.6. The fourth-order valence-corrected chi connectivity index (χ4v) is 4.44. The Kier molecular flexibility index (Phi) is 5.91. The maximum Gasteiger partial charge on any atom is 0.173 e. The number of rotatable bonds is 5. The van der Waals surface area contributed by atoms with Crippen LogP contribution in [0.5, 0.6) is 0 Å². The van der Waals surface area contributed by atoms with E-state index in [-0.39, 0.29) is 0 Å². The lowest BCUT2D eigenvalue weighted by Crippen LogP contribution is -2.45. The number of benzene rings is 2. The van der Waals surface area contributed by atoms with Crippen LogP contribution in [0, 0.1) is 6.92 Å². The standard InChI is InChI=1S/C23H28N4S/c1-17-9-5-6-12-19(17)26-23(28)27(18-10-3-2-4-11-18)16-15-22-24-20-13-7-8-14-21(20)25-22/h5-9,12-14,18H,2-4,10-11,15-16H2,1H3,(H,24,25)(H,26,28). The van der Waals surface area contributed by atoms with E-state index in [1.807, 2.05) is 12.1 Å². The van der Waals surface area contributed by atoms with Crippen LogP contribution < -0.4 is 5.32 Å². The van der Waals surface area contributed by atoms with Gasteiger partial charge in [0.25, 0.3) is 0 Å². The lowest BCUT2D eigenvalue weighted by atomic mass is 9.94. The number of nitrogens with zero attached hydrogens (tertiary/aromatic N) is 2. The zero-order valence-corrected chi connectivity index (χ0v) is 17.3. The molecule has 1 saturated carbocycles. The largest absolute Gasteiger partial charge is 0.346 e. The molecular weight excluding hydrogens is 364 g/mol. The Hall–Kier alpha value is -2.40. The van der Waals surface area contributed by atoms with Gasteiger partial charge in [-0.2, -0.15) is 0 Å². The molecule has 0 amide bonds. The van der Waals surface area contributed by atoms with Crippen molar-refractivity contribution < 1.29 is 0 Å². The summed E-state index contributed by atoms with van der Waals surface area (Å²) in [5.41, 5.74) is 4.44. The van der Waals surface area contributed by atoms with Gasteiger partial charge in [0.2, 0.25) is 0 Å². The number of hydrogen-bond donors (Lipinski definition) is 2. The van der Waals surface area contributed by atoms with Gasteiger partial charge in [0, 0.05) is 24.7 Å². The fraction of sp³-hybridized carbons (Fsp3) is 0.391. The van der Waals surface area contributed by atoms with Crippen molar-refractivity contribution in [2.75, 3.05) is 11.9 Å². The van der Waals surface area contributed by atoms with E-state index in [1.165, 1.54) is 37.7 Å². The van der Waals surface area contributed by atoms with E-state index in [9.17, 15) is 0 Å². The van der Waals surface area contributed by atoms with Gasteiger partial charge in [0.1, 0.15) is 5.82 Å². The van der Waals surface area contributed by atoms with Crippen molar-refractivity contribution in [3.63, 3.8) is 0 Å². The smallest absolute Gasteiger partial charge is 0.173 e. The predicted octanol–water partition coefficient (Wildman–Crippen LogP) is 5.45. The van der Waals surface area contributed by atoms with Crippen molar-refractivity contribution >= 4 is 34.1 Å². The van der Waals surface area contributed by atoms with Crippen molar-refractivity contribution in [2.24, 2.45) is 0 Å². The van der Waals surface area contributed by atoms with E-state index < -0.39 is 0 Å². The molecule has 146 valence electrons. The van der Waals surface area contributed by atoms with Crippen molar-refractivity contribution in [3.05, 3.63) is 59.9 Å². The highest BCUT2D eigenvalue weighted by Crippen LogP contribution is 2.24. The molecule has 0 aliphatic heterocycles. The topological polar surface area (TPSA) is 44.0 Å². The van der Waals surface area contributed by atoms with Crippen molar-refractivity contribution in [1.82, 2.24) is 14.9 Å². The molecule has 3 aromatic rings. The Morgan fingerprint density at radius 3 is 2.64 bits per heavy atom. The summed E-state index contributed by atoms with van der Waals surface area (Å²) in [6.07, 6.45) is 7.22. The number of imidazole rings is 1. The van der Waals surface area contributed by atoms with E-state index in [0.717, 1.165) is 40.6 Å². The van der Waals surface area contributed by atoms with Gasteiger partial charge < -0.3 is 15.2 Å². The maximum atomic E-state index is 5.86. The third-order valence-corrected chi connectivity index (χ3v) is 6.03. The molecular formula is C23H28N4S. The molecule has 1 heterocycles. The highest BCUT2D eigenvalue weighted by Gasteiger charge is 2.23. The van der Waals surface area contributed by atoms with Gasteiger partial charge in [-0.3, -0.25) is 0 Å². The quantitative estimate of drug-likeness (QED) is 0.567. The minimum absolute atomic E-state index is 0.516. The maximum absolute atomic E-state index is 5.86. The molecule has 4 nitrogen and oxygen atoms in total. The Balaban J connectivity index is 1.49. The van der Waals surface area contributed by atoms with Gasteiger partial charge in [0.15, 0.2) is 5.11 Å². The van der Waals surface area contributed by atoms with Crippen LogP contribution in [0.15, 0.2) is 48.5 Å². The van der Waals surface area contributed by atoms with Crippen LogP contribution in [0.2, 0.25) is 0 Å². The first kappa shape index (κ1) is 18.9. The molecule has 2 aromatic carbocycles. The van der Waals surface area contributed by atoms with Crippen LogP contribution >= 0.6 is 12.2 Å². The molecule has 4 rings (SSSR count). The number of aryl methyl sites for hydroxylation is 1. The highest BCUT2D eigenvalue weighted by molar-refractivity contribution is 7.80. The predicted molar refractivity (Wildman–Crippen MR) is 121 cm³/mol. The minimum Gasteiger partial charge on any atom is -0.346 e. The van der Waals surface area contributed by atoms with Crippen LogP contribution in [-0.4, -0.2) is 32.6 Å². The first-order valence-corrected chi connectivity index (χ1v) is 10.7. The van der Waals surface area contributed by atoms with Crippen LogP contribution in [-0.2, 0) is 6.42 Å². The van der Waals surface area contributed by atoms with Crippen molar-refractivity contribution in [2.45, 2.75) is 51.5 Å². The number of anilines is 1. The molecule has 0 radical (unpaired) electrons. The van der Waals surface area contributed by atoms with E-state index in [2.05, 4.69) is 58.5 Å². The number of H-pyrrole nitrogens is 1. The minimum atomic E-state index is 0.516. The zero-order chi connectivity index (χ0) is 19.3. The molecule has 1 fully saturated rings. The third-order valence-electron chi connectivity index (χ3n) is 5.69. The van der Waals surface area contributed by atoms with Crippen molar-refractivity contribution in [3.8, 4) is 0 Å². The van der Waals surface area contributed by atoms with Gasteiger partial charge >= 0.3 is 0 Å². The lowest BCUT2D eigenvalue weighted by molar-refractivity contribution is 0.247. The summed E-state index contributed by atoms with van der Waals surface area (Å²) in [6, 6.07) is 17.0. The molecule has 0 unspecified atom stereocenters. The van der Waals surface area contributed by atoms with Crippen LogP contribution in [0.1, 0.15) is 43.5 Å². The Morgan fingerprint density at radius 1 is 1.11 bits per heavy atom. The molecule has 5 heteroatoms. The number of aromatic amines is 1. The van der Waals surface area contributed by atoms with Crippen molar-refractivity contribution in [1.29, 1.82) is 0 Å². The second-order valence-corrected chi connectivity index (χ2v) is 8.07. The number of hydrogen-bond acceptors (Lipinski definition) is 2. The summed E-state index contributed by atoms with van der Waals surface area (Å²) in [6.45, 7) is 2.99. The molecule has 28 heavy (non-hydrogen) atoms. The number of nitrogens with one attached hydrogen (secondary N) is 2. The van der Waals surface area contributed by atoms with E-state index in [0.29, 0.717) is 6.04 Å². The van der Waals surface area contributed by atoms with Crippen LogP contribution in [0.4, 0.5) is 5.69 Å². The summed E-state index contributed by atoms with van der Waals surface area (Å²) < 4.78 is 0. The average Bonchev–Trinajstić information content (AvgIpc) is 3.14. The highest BCUT2D eigenvalue weighted by atomic mass is 32.1. The first-order chi connectivity index (χ1) is 13.7. The van der Waals surface area contributed by atoms with Gasteiger partial charge in [-0.25, -0.2) is 4.98 Å². The monoisotopic (exact) mass is 392 g/mol. The molecule has 1 aliphatic carbocycles. The summed E-state index contributed by atoms with van der Waals surface area (Å²) in [7, 11) is 0. The summed E-state index contributed by atoms with van der Waals surface area (Å²) in [5, 5.41) is 4.33. The van der Waals surface area contributed by atoms with Crippen LogP contribution in [0.3, 0.4) is 0 Å². The van der Waals surface area contributed by atoms with E-state index >= 15 is 0 Å². The molecule has 0 bridgehead atoms.